The van der Waals surface area contributed by atoms with Gasteiger partial charge in [0.1, 0.15) is 5.75 Å². The molecule has 0 unspecified atom stereocenters. The Hall–Kier alpha value is -2.82. The number of carbonyl (C=O) groups is 2. The molecule has 1 atom stereocenters. The molecule has 2 aromatic rings. The topological polar surface area (TPSA) is 64.6 Å². The number of carbonyl (C=O) groups excluding carboxylic acids is 2. The summed E-state index contributed by atoms with van der Waals surface area (Å²) >= 11 is 0. The Morgan fingerprint density at radius 1 is 1.08 bits per heavy atom. The molecule has 0 spiro atoms. The molecule has 0 bridgehead atoms. The average molecular weight is 341 g/mol. The number of ether oxygens (including phenoxy) is 2. The molecule has 0 heterocycles. The highest BCUT2D eigenvalue weighted by Crippen LogP contribution is 2.24. The smallest absolute Gasteiger partial charge is 0.338 e. The van der Waals surface area contributed by atoms with Crippen molar-refractivity contribution in [1.82, 2.24) is 0 Å². The molecule has 0 aromatic heterocycles. The Morgan fingerprint density at radius 2 is 1.80 bits per heavy atom. The Kier molecular flexibility index (Phi) is 6.17. The summed E-state index contributed by atoms with van der Waals surface area (Å²) in [6.45, 7) is 7.79. The number of esters is 1. The number of nitrogens with one attached hydrogen (secondary N) is 1. The number of amides is 1. The Labute approximate surface area is 148 Å². The molecule has 5 nitrogen and oxygen atoms in total. The van der Waals surface area contributed by atoms with Gasteiger partial charge in [-0.3, -0.25) is 4.79 Å². The normalized spacial score (nSPS) is 11.5. The monoisotopic (exact) mass is 341 g/mol. The zero-order valence-electron chi connectivity index (χ0n) is 15.0. The lowest BCUT2D eigenvalue weighted by molar-refractivity contribution is -0.123. The van der Waals surface area contributed by atoms with Gasteiger partial charge in [-0.15, -0.1) is 0 Å². The zero-order valence-corrected chi connectivity index (χ0v) is 15.0. The maximum absolute atomic E-state index is 12.3. The van der Waals surface area contributed by atoms with E-state index in [4.69, 9.17) is 9.47 Å². The molecule has 0 saturated carbocycles. The molecule has 1 amide bonds. The molecule has 0 aliphatic heterocycles. The predicted molar refractivity (Wildman–Crippen MR) is 97.0 cm³/mol. The summed E-state index contributed by atoms with van der Waals surface area (Å²) in [5.74, 6) is -0.362. The third-order valence-electron chi connectivity index (χ3n) is 3.84. The average Bonchev–Trinajstić information content (AvgIpc) is 2.59. The summed E-state index contributed by atoms with van der Waals surface area (Å²) in [7, 11) is 0. The van der Waals surface area contributed by atoms with Gasteiger partial charge in [-0.1, -0.05) is 18.2 Å². The third kappa shape index (κ3) is 4.83. The van der Waals surface area contributed by atoms with Crippen LogP contribution < -0.4 is 10.1 Å². The van der Waals surface area contributed by atoms with Crippen LogP contribution in [-0.4, -0.2) is 24.6 Å². The molecular weight excluding hydrogens is 318 g/mol. The second-order valence-electron chi connectivity index (χ2n) is 5.76. The van der Waals surface area contributed by atoms with Crippen LogP contribution in [0.15, 0.2) is 42.5 Å². The van der Waals surface area contributed by atoms with Gasteiger partial charge in [0.2, 0.25) is 0 Å². The molecule has 0 fully saturated rings. The Morgan fingerprint density at radius 3 is 2.48 bits per heavy atom. The maximum atomic E-state index is 12.3. The van der Waals surface area contributed by atoms with Gasteiger partial charge < -0.3 is 14.8 Å². The van der Waals surface area contributed by atoms with E-state index in [1.54, 1.807) is 30.3 Å². The van der Waals surface area contributed by atoms with Gasteiger partial charge in [0, 0.05) is 0 Å². The van der Waals surface area contributed by atoms with E-state index in [1.165, 1.54) is 6.92 Å². The van der Waals surface area contributed by atoms with Crippen molar-refractivity contribution in [2.75, 3.05) is 11.9 Å². The van der Waals surface area contributed by atoms with Crippen molar-refractivity contribution in [2.45, 2.75) is 33.8 Å². The molecule has 0 radical (unpaired) electrons. The van der Waals surface area contributed by atoms with Crippen LogP contribution >= 0.6 is 0 Å². The summed E-state index contributed by atoms with van der Waals surface area (Å²) in [6.07, 6.45) is -0.927. The summed E-state index contributed by atoms with van der Waals surface area (Å²) < 4.78 is 10.7. The predicted octanol–water partition coefficient (Wildman–Crippen LogP) is 3.89. The number of hydrogen-bond donors (Lipinski definition) is 1. The lowest BCUT2D eigenvalue weighted by Gasteiger charge is -2.16. The second-order valence-corrected chi connectivity index (χ2v) is 5.76. The van der Waals surface area contributed by atoms with Crippen molar-refractivity contribution >= 4 is 17.6 Å². The molecule has 0 aliphatic rings. The van der Waals surface area contributed by atoms with Gasteiger partial charge in [-0.25, -0.2) is 4.79 Å². The van der Waals surface area contributed by atoms with Crippen LogP contribution in [0.4, 0.5) is 5.69 Å². The van der Waals surface area contributed by atoms with Gasteiger partial charge in [0.25, 0.3) is 5.91 Å². The highest BCUT2D eigenvalue weighted by molar-refractivity contribution is 5.98. The van der Waals surface area contributed by atoms with E-state index >= 15 is 0 Å². The highest BCUT2D eigenvalue weighted by atomic mass is 16.5. The zero-order chi connectivity index (χ0) is 18.4. The van der Waals surface area contributed by atoms with Crippen molar-refractivity contribution in [1.29, 1.82) is 0 Å². The van der Waals surface area contributed by atoms with E-state index in [-0.39, 0.29) is 0 Å². The first-order chi connectivity index (χ1) is 11.9. The molecule has 0 aliphatic carbocycles. The first kappa shape index (κ1) is 18.5. The van der Waals surface area contributed by atoms with Gasteiger partial charge in [-0.05, 0) is 63.1 Å². The number of anilines is 1. The SMILES string of the molecule is CCOc1ccccc1NC(=O)[C@H](C)OC(=O)c1ccc(C)c(C)c1. The van der Waals surface area contributed by atoms with Crippen LogP contribution in [0, 0.1) is 13.8 Å². The van der Waals surface area contributed by atoms with Crippen molar-refractivity contribution in [3.05, 3.63) is 59.2 Å². The molecule has 1 N–H and O–H groups in total. The van der Waals surface area contributed by atoms with Gasteiger partial charge in [0.15, 0.2) is 6.10 Å². The van der Waals surface area contributed by atoms with E-state index < -0.39 is 18.0 Å². The van der Waals surface area contributed by atoms with Crippen LogP contribution in [-0.2, 0) is 9.53 Å². The van der Waals surface area contributed by atoms with E-state index in [2.05, 4.69) is 5.32 Å². The van der Waals surface area contributed by atoms with Crippen LogP contribution in [0.5, 0.6) is 5.75 Å². The van der Waals surface area contributed by atoms with Gasteiger partial charge >= 0.3 is 5.97 Å². The largest absolute Gasteiger partial charge is 0.492 e. The lowest BCUT2D eigenvalue weighted by atomic mass is 10.1. The van der Waals surface area contributed by atoms with Crippen molar-refractivity contribution < 1.29 is 19.1 Å². The Balaban J connectivity index is 2.02. The molecule has 2 aromatic carbocycles. The highest BCUT2D eigenvalue weighted by Gasteiger charge is 2.20. The van der Waals surface area contributed by atoms with E-state index in [9.17, 15) is 9.59 Å². The number of benzene rings is 2. The molecule has 5 heteroatoms. The molecule has 0 saturated heterocycles. The summed E-state index contributed by atoms with van der Waals surface area (Å²) in [4.78, 5) is 24.5. The third-order valence-corrected chi connectivity index (χ3v) is 3.84. The summed E-state index contributed by atoms with van der Waals surface area (Å²) in [5.41, 5.74) is 3.06. The van der Waals surface area contributed by atoms with Gasteiger partial charge in [0.05, 0.1) is 17.9 Å². The number of aryl methyl sites for hydroxylation is 2. The summed E-state index contributed by atoms with van der Waals surface area (Å²) in [5, 5.41) is 2.73. The van der Waals surface area contributed by atoms with E-state index in [0.717, 1.165) is 11.1 Å². The molecule has 132 valence electrons. The van der Waals surface area contributed by atoms with Crippen LogP contribution in [0.1, 0.15) is 35.3 Å². The van der Waals surface area contributed by atoms with Crippen molar-refractivity contribution in [3.63, 3.8) is 0 Å². The minimum atomic E-state index is -0.927. The second kappa shape index (κ2) is 8.33. The molecule has 25 heavy (non-hydrogen) atoms. The maximum Gasteiger partial charge on any atom is 0.338 e. The molecular formula is C20H23NO4. The lowest BCUT2D eigenvalue weighted by Crippen LogP contribution is -2.30. The fourth-order valence-electron chi connectivity index (χ4n) is 2.24. The van der Waals surface area contributed by atoms with E-state index in [0.29, 0.717) is 23.6 Å². The first-order valence-electron chi connectivity index (χ1n) is 8.23. The fraction of sp³-hybridized carbons (Fsp3) is 0.300. The number of rotatable bonds is 6. The van der Waals surface area contributed by atoms with Crippen molar-refractivity contribution in [2.24, 2.45) is 0 Å². The quantitative estimate of drug-likeness (QED) is 0.810. The fourth-order valence-corrected chi connectivity index (χ4v) is 2.24. The van der Waals surface area contributed by atoms with Crippen LogP contribution in [0.2, 0.25) is 0 Å². The van der Waals surface area contributed by atoms with E-state index in [1.807, 2.05) is 32.9 Å². The molecule has 2 rings (SSSR count). The minimum absolute atomic E-state index is 0.413. The summed E-state index contributed by atoms with van der Waals surface area (Å²) in [6, 6.07) is 12.4. The Bertz CT molecular complexity index is 770. The van der Waals surface area contributed by atoms with Gasteiger partial charge in [-0.2, -0.15) is 0 Å². The standard InChI is InChI=1S/C20H23NO4/c1-5-24-18-9-7-6-8-17(18)21-19(22)15(4)25-20(23)16-11-10-13(2)14(3)12-16/h6-12,15H,5H2,1-4H3,(H,21,22)/t15-/m0/s1. The first-order valence-corrected chi connectivity index (χ1v) is 8.23. The minimum Gasteiger partial charge on any atom is -0.492 e. The number of para-hydroxylation sites is 2. The van der Waals surface area contributed by atoms with Crippen LogP contribution in [0.3, 0.4) is 0 Å². The van der Waals surface area contributed by atoms with Crippen LogP contribution in [0.25, 0.3) is 0 Å². The van der Waals surface area contributed by atoms with Crippen molar-refractivity contribution in [3.8, 4) is 5.75 Å². The number of hydrogen-bond acceptors (Lipinski definition) is 4.